The number of carbonyl (C=O) groups excluding carboxylic acids is 1. The van der Waals surface area contributed by atoms with E-state index in [1.165, 1.54) is 0 Å². The van der Waals surface area contributed by atoms with Crippen molar-refractivity contribution >= 4 is 51.8 Å². The molecule has 6 heteroatoms. The normalized spacial score (nSPS) is 11.4. The lowest BCUT2D eigenvalue weighted by molar-refractivity contribution is 0.261. The number of urea groups is 1. The van der Waals surface area contributed by atoms with Crippen molar-refractivity contribution in [3.8, 4) is 11.1 Å². The predicted octanol–water partition coefficient (Wildman–Crippen LogP) is 9.30. The lowest BCUT2D eigenvalue weighted by atomic mass is 9.93. The summed E-state index contributed by atoms with van der Waals surface area (Å²) in [6, 6.07) is 18.5. The van der Waals surface area contributed by atoms with Gasteiger partial charge in [-0.1, -0.05) is 87.3 Å². The van der Waals surface area contributed by atoms with Crippen LogP contribution in [0.2, 0.25) is 10.0 Å². The fourth-order valence-corrected chi connectivity index (χ4v) is 4.43. The number of para-hydroxylation sites is 1. The third-order valence-corrected chi connectivity index (χ3v) is 6.20. The van der Waals surface area contributed by atoms with E-state index in [2.05, 4.69) is 38.3 Å². The Bertz CT molecular complexity index is 1300. The third kappa shape index (κ3) is 4.73. The summed E-state index contributed by atoms with van der Waals surface area (Å²) in [6.07, 6.45) is 0. The summed E-state index contributed by atoms with van der Waals surface area (Å²) in [6.45, 7) is 8.45. The highest BCUT2D eigenvalue weighted by Gasteiger charge is 2.22. The van der Waals surface area contributed by atoms with E-state index in [9.17, 15) is 4.79 Å². The van der Waals surface area contributed by atoms with E-state index in [-0.39, 0.29) is 17.9 Å². The fraction of sp³-hybridized carbons (Fsp3) is 0.222. The summed E-state index contributed by atoms with van der Waals surface area (Å²) in [4.78, 5) is 13.2. The summed E-state index contributed by atoms with van der Waals surface area (Å²) in [7, 11) is 0. The molecule has 1 heterocycles. The molecule has 0 atom stereocenters. The first-order valence-corrected chi connectivity index (χ1v) is 11.7. The molecule has 0 aliphatic carbocycles. The van der Waals surface area contributed by atoms with E-state index in [0.717, 1.165) is 27.8 Å². The second-order valence-electron chi connectivity index (χ2n) is 8.63. The van der Waals surface area contributed by atoms with Crippen LogP contribution in [0.15, 0.2) is 65.1 Å². The van der Waals surface area contributed by atoms with Crippen molar-refractivity contribution in [3.05, 3.63) is 81.8 Å². The molecule has 2 N–H and O–H groups in total. The van der Waals surface area contributed by atoms with E-state index in [0.29, 0.717) is 27.1 Å². The number of rotatable bonds is 5. The van der Waals surface area contributed by atoms with Gasteiger partial charge in [0.05, 0.1) is 5.56 Å². The van der Waals surface area contributed by atoms with Crippen molar-refractivity contribution in [3.63, 3.8) is 0 Å². The van der Waals surface area contributed by atoms with Crippen molar-refractivity contribution in [2.45, 2.75) is 39.5 Å². The molecule has 0 bridgehead atoms. The minimum atomic E-state index is -0.386. The van der Waals surface area contributed by atoms with E-state index in [1.807, 2.05) is 42.5 Å². The molecule has 4 nitrogen and oxygen atoms in total. The van der Waals surface area contributed by atoms with Gasteiger partial charge in [-0.3, -0.25) is 5.32 Å². The average molecular weight is 481 g/mol. The molecule has 4 aromatic rings. The largest absolute Gasteiger partial charge is 0.440 e. The molecular formula is C27H26Cl2N2O2. The van der Waals surface area contributed by atoms with Crippen LogP contribution in [0.5, 0.6) is 0 Å². The van der Waals surface area contributed by atoms with Gasteiger partial charge in [-0.2, -0.15) is 0 Å². The van der Waals surface area contributed by atoms with Gasteiger partial charge < -0.3 is 9.73 Å². The Balaban J connectivity index is 1.76. The monoisotopic (exact) mass is 480 g/mol. The van der Waals surface area contributed by atoms with Crippen molar-refractivity contribution in [2.75, 3.05) is 10.6 Å². The van der Waals surface area contributed by atoms with E-state index < -0.39 is 0 Å². The maximum absolute atomic E-state index is 13.2. The number of hydrogen-bond acceptors (Lipinski definition) is 2. The van der Waals surface area contributed by atoms with Gasteiger partial charge in [0.2, 0.25) is 5.88 Å². The van der Waals surface area contributed by atoms with Crippen LogP contribution in [-0.2, 0) is 0 Å². The Hall–Kier alpha value is -2.95. The van der Waals surface area contributed by atoms with Crippen LogP contribution in [0.3, 0.4) is 0 Å². The van der Waals surface area contributed by atoms with Crippen LogP contribution in [0, 0.1) is 0 Å². The van der Waals surface area contributed by atoms with Crippen molar-refractivity contribution in [2.24, 2.45) is 0 Å². The molecule has 0 aliphatic rings. The topological polar surface area (TPSA) is 54.3 Å². The van der Waals surface area contributed by atoms with Gasteiger partial charge >= 0.3 is 6.03 Å². The molecule has 3 aromatic carbocycles. The van der Waals surface area contributed by atoms with Crippen LogP contribution < -0.4 is 10.6 Å². The Morgan fingerprint density at radius 3 is 2.15 bits per heavy atom. The van der Waals surface area contributed by atoms with Gasteiger partial charge in [0.1, 0.15) is 5.58 Å². The maximum Gasteiger partial charge on any atom is 0.326 e. The minimum absolute atomic E-state index is 0.256. The van der Waals surface area contributed by atoms with Gasteiger partial charge in [-0.05, 0) is 47.2 Å². The highest BCUT2D eigenvalue weighted by molar-refractivity contribution is 6.34. The molecule has 0 aliphatic heterocycles. The number of fused-ring (bicyclic) bond motifs is 1. The highest BCUT2D eigenvalue weighted by Crippen LogP contribution is 2.42. The first-order chi connectivity index (χ1) is 15.8. The molecular weight excluding hydrogens is 455 g/mol. The summed E-state index contributed by atoms with van der Waals surface area (Å²) in [5, 5.41) is 7.87. The van der Waals surface area contributed by atoms with Crippen LogP contribution in [0.25, 0.3) is 22.1 Å². The molecule has 0 unspecified atom stereocenters. The summed E-state index contributed by atoms with van der Waals surface area (Å²) >= 11 is 12.8. The number of furan rings is 1. The zero-order chi connectivity index (χ0) is 23.7. The number of anilines is 2. The third-order valence-electron chi connectivity index (χ3n) is 5.63. The van der Waals surface area contributed by atoms with Crippen molar-refractivity contribution in [1.29, 1.82) is 0 Å². The van der Waals surface area contributed by atoms with E-state index in [4.69, 9.17) is 27.6 Å². The quantitative estimate of drug-likeness (QED) is 0.298. The highest BCUT2D eigenvalue weighted by atomic mass is 35.5. The first kappa shape index (κ1) is 23.2. The molecule has 0 radical (unpaired) electrons. The first-order valence-electron chi connectivity index (χ1n) is 10.9. The van der Waals surface area contributed by atoms with Gasteiger partial charge in [-0.15, -0.1) is 0 Å². The average Bonchev–Trinajstić information content (AvgIpc) is 3.10. The summed E-state index contributed by atoms with van der Waals surface area (Å²) < 4.78 is 6.04. The Morgan fingerprint density at radius 2 is 1.52 bits per heavy atom. The Morgan fingerprint density at radius 1 is 0.848 bits per heavy atom. The van der Waals surface area contributed by atoms with Gasteiger partial charge in [0.15, 0.2) is 0 Å². The van der Waals surface area contributed by atoms with Crippen LogP contribution in [0.4, 0.5) is 16.4 Å². The van der Waals surface area contributed by atoms with Crippen LogP contribution >= 0.6 is 23.2 Å². The van der Waals surface area contributed by atoms with E-state index >= 15 is 0 Å². The number of nitrogens with one attached hydrogen (secondary N) is 2. The lowest BCUT2D eigenvalue weighted by Gasteiger charge is -2.20. The number of hydrogen-bond donors (Lipinski definition) is 2. The molecule has 0 saturated carbocycles. The second-order valence-corrected chi connectivity index (χ2v) is 9.47. The smallest absolute Gasteiger partial charge is 0.326 e. The van der Waals surface area contributed by atoms with Crippen molar-refractivity contribution < 1.29 is 9.21 Å². The molecule has 1 aromatic heterocycles. The standard InChI is InChI=1S/C27H26Cl2N2O2/c1-15(2)18-9-7-10-19(16(3)4)25(18)30-27(32)31-26-24(20-8-5-6-11-22(20)29)21-14-17(28)12-13-23(21)33-26/h5-16H,1-4H3,(H2,30,31,32). The molecule has 170 valence electrons. The SMILES string of the molecule is CC(C)c1cccc(C(C)C)c1NC(=O)Nc1oc2ccc(Cl)cc2c1-c1ccccc1Cl. The van der Waals surface area contributed by atoms with Crippen molar-refractivity contribution in [1.82, 2.24) is 0 Å². The lowest BCUT2D eigenvalue weighted by Crippen LogP contribution is -2.21. The van der Waals surface area contributed by atoms with Gasteiger partial charge in [0.25, 0.3) is 0 Å². The summed E-state index contributed by atoms with van der Waals surface area (Å²) in [5.41, 5.74) is 5.04. The molecule has 0 saturated heterocycles. The summed E-state index contributed by atoms with van der Waals surface area (Å²) in [5.74, 6) is 0.822. The number of amides is 2. The predicted molar refractivity (Wildman–Crippen MR) is 139 cm³/mol. The molecule has 4 rings (SSSR count). The molecule has 0 fully saturated rings. The van der Waals surface area contributed by atoms with Gasteiger partial charge in [-0.25, -0.2) is 4.79 Å². The minimum Gasteiger partial charge on any atom is -0.440 e. The molecule has 0 spiro atoms. The Kier molecular flexibility index (Phi) is 6.68. The molecule has 2 amide bonds. The maximum atomic E-state index is 13.2. The Labute approximate surface area is 203 Å². The van der Waals surface area contributed by atoms with E-state index in [1.54, 1.807) is 18.2 Å². The molecule has 33 heavy (non-hydrogen) atoms. The second kappa shape index (κ2) is 9.50. The van der Waals surface area contributed by atoms with Gasteiger partial charge in [0, 0.05) is 26.7 Å². The van der Waals surface area contributed by atoms with Crippen LogP contribution in [-0.4, -0.2) is 6.03 Å². The number of benzene rings is 3. The zero-order valence-corrected chi connectivity index (χ0v) is 20.5. The number of carbonyl (C=O) groups is 1. The zero-order valence-electron chi connectivity index (χ0n) is 19.0. The number of halogens is 2. The van der Waals surface area contributed by atoms with Crippen LogP contribution in [0.1, 0.15) is 50.7 Å². The fourth-order valence-electron chi connectivity index (χ4n) is 4.03.